The van der Waals surface area contributed by atoms with Gasteiger partial charge in [-0.05, 0) is 31.5 Å². The van der Waals surface area contributed by atoms with Gasteiger partial charge in [-0.2, -0.15) is 0 Å². The summed E-state index contributed by atoms with van der Waals surface area (Å²) in [5.41, 5.74) is 1.92. The van der Waals surface area contributed by atoms with Gasteiger partial charge in [0.25, 0.3) is 0 Å². The molecule has 7 nitrogen and oxygen atoms in total. The molecule has 31 heavy (non-hydrogen) atoms. The maximum atomic E-state index is 13.5. The Morgan fingerprint density at radius 1 is 1.29 bits per heavy atom. The van der Waals surface area contributed by atoms with E-state index < -0.39 is 6.04 Å². The molecule has 3 heterocycles. The zero-order chi connectivity index (χ0) is 21.8. The summed E-state index contributed by atoms with van der Waals surface area (Å²) in [4.78, 5) is 28.3. The summed E-state index contributed by atoms with van der Waals surface area (Å²) in [5, 5.41) is 4.96. The number of aryl methyl sites for hydroxylation is 1. The Balaban J connectivity index is 1.73. The summed E-state index contributed by atoms with van der Waals surface area (Å²) >= 11 is 1.48. The van der Waals surface area contributed by atoms with Crippen LogP contribution >= 0.6 is 11.8 Å². The molecule has 1 aliphatic heterocycles. The molecule has 1 unspecified atom stereocenters. The maximum Gasteiger partial charge on any atom is 0.247 e. The van der Waals surface area contributed by atoms with Crippen molar-refractivity contribution in [3.8, 4) is 0 Å². The van der Waals surface area contributed by atoms with E-state index in [1.54, 1.807) is 17.2 Å². The van der Waals surface area contributed by atoms with Crippen LogP contribution in [0.2, 0.25) is 0 Å². The minimum Gasteiger partial charge on any atom is -0.467 e. The summed E-state index contributed by atoms with van der Waals surface area (Å²) < 4.78 is 13.0. The number of carbonyl (C=O) groups excluding carboxylic acids is 2. The molecular weight excluding hydrogens is 414 g/mol. The highest BCUT2D eigenvalue weighted by Gasteiger charge is 2.39. The largest absolute Gasteiger partial charge is 0.467 e. The number of nitrogens with zero attached hydrogens (tertiary/aromatic N) is 2. The van der Waals surface area contributed by atoms with Crippen LogP contribution in [0.1, 0.15) is 30.7 Å². The molecule has 4 rings (SSSR count). The van der Waals surface area contributed by atoms with E-state index in [1.807, 2.05) is 44.3 Å². The van der Waals surface area contributed by atoms with E-state index in [0.717, 1.165) is 27.9 Å². The molecule has 0 saturated carbocycles. The van der Waals surface area contributed by atoms with Crippen molar-refractivity contribution < 1.29 is 18.7 Å². The molecular formula is C23H27N3O4S. The Hall–Kier alpha value is -2.71. The lowest BCUT2D eigenvalue weighted by atomic mass is 10.0. The summed E-state index contributed by atoms with van der Waals surface area (Å²) in [6, 6.07) is 10.9. The fourth-order valence-electron chi connectivity index (χ4n) is 4.00. The standard InChI is InChI=1S/C23H27N3O4S/c1-3-29-12-7-11-24-22(28)21-20-17-9-4-5-10-18(17)25(2)23(20)31-15-19(27)26(21)14-16-8-6-13-30-16/h4-6,8-10,13,21H,3,7,11-12,14-15H2,1-2H3,(H,24,28). The Morgan fingerprint density at radius 3 is 2.90 bits per heavy atom. The van der Waals surface area contributed by atoms with Gasteiger partial charge in [0.05, 0.1) is 23.6 Å². The summed E-state index contributed by atoms with van der Waals surface area (Å²) in [6.45, 7) is 3.92. The van der Waals surface area contributed by atoms with Crippen LogP contribution in [0.5, 0.6) is 0 Å². The molecule has 0 radical (unpaired) electrons. The number of hydrogen-bond donors (Lipinski definition) is 1. The minimum absolute atomic E-state index is 0.0869. The highest BCUT2D eigenvalue weighted by molar-refractivity contribution is 8.00. The van der Waals surface area contributed by atoms with E-state index in [-0.39, 0.29) is 24.1 Å². The van der Waals surface area contributed by atoms with Crippen LogP contribution in [-0.2, 0) is 27.9 Å². The second-order valence-electron chi connectivity index (χ2n) is 7.43. The lowest BCUT2D eigenvalue weighted by Gasteiger charge is -2.29. The summed E-state index contributed by atoms with van der Waals surface area (Å²) in [6.07, 6.45) is 2.30. The van der Waals surface area contributed by atoms with Gasteiger partial charge in [0.2, 0.25) is 11.8 Å². The lowest BCUT2D eigenvalue weighted by Crippen LogP contribution is -2.43. The highest BCUT2D eigenvalue weighted by atomic mass is 32.2. The molecule has 0 fully saturated rings. The SMILES string of the molecule is CCOCCCNC(=O)C1c2c(n(C)c3ccccc23)SCC(=O)N1Cc1ccco1. The average Bonchev–Trinajstić information content (AvgIpc) is 3.35. The van der Waals surface area contributed by atoms with Gasteiger partial charge in [-0.1, -0.05) is 30.0 Å². The van der Waals surface area contributed by atoms with Crippen LogP contribution in [-0.4, -0.2) is 46.8 Å². The molecule has 2 amide bonds. The normalized spacial score (nSPS) is 16.4. The van der Waals surface area contributed by atoms with E-state index in [0.29, 0.717) is 25.5 Å². The molecule has 1 N–H and O–H groups in total. The number of nitrogens with one attached hydrogen (secondary N) is 1. The van der Waals surface area contributed by atoms with E-state index in [1.165, 1.54) is 11.8 Å². The number of carbonyl (C=O) groups is 2. The molecule has 1 atom stereocenters. The third-order valence-corrected chi connectivity index (χ3v) is 6.61. The zero-order valence-electron chi connectivity index (χ0n) is 17.8. The number of fused-ring (bicyclic) bond motifs is 3. The number of hydrogen-bond acceptors (Lipinski definition) is 5. The fourth-order valence-corrected chi connectivity index (χ4v) is 5.10. The minimum atomic E-state index is -0.735. The quantitative estimate of drug-likeness (QED) is 0.542. The first-order valence-electron chi connectivity index (χ1n) is 10.5. The van der Waals surface area contributed by atoms with E-state index >= 15 is 0 Å². The van der Waals surface area contributed by atoms with Crippen molar-refractivity contribution in [1.29, 1.82) is 0 Å². The number of benzene rings is 1. The smallest absolute Gasteiger partial charge is 0.247 e. The number of amides is 2. The lowest BCUT2D eigenvalue weighted by molar-refractivity contribution is -0.139. The molecule has 0 aliphatic carbocycles. The van der Waals surface area contributed by atoms with Gasteiger partial charge < -0.3 is 23.9 Å². The average molecular weight is 442 g/mol. The van der Waals surface area contributed by atoms with Crippen LogP contribution in [0.3, 0.4) is 0 Å². The van der Waals surface area contributed by atoms with Gasteiger partial charge >= 0.3 is 0 Å². The third kappa shape index (κ3) is 4.36. The first-order valence-corrected chi connectivity index (χ1v) is 11.5. The summed E-state index contributed by atoms with van der Waals surface area (Å²) in [7, 11) is 1.98. The molecule has 0 saturated heterocycles. The number of para-hydroxylation sites is 1. The van der Waals surface area contributed by atoms with E-state index in [4.69, 9.17) is 9.15 Å². The number of rotatable bonds is 8. The molecule has 1 aromatic carbocycles. The van der Waals surface area contributed by atoms with Crippen LogP contribution in [0.25, 0.3) is 10.9 Å². The van der Waals surface area contributed by atoms with Gasteiger partial charge in [0, 0.05) is 43.3 Å². The monoisotopic (exact) mass is 441 g/mol. The predicted molar refractivity (Wildman–Crippen MR) is 120 cm³/mol. The maximum absolute atomic E-state index is 13.5. The van der Waals surface area contributed by atoms with Crippen molar-refractivity contribution in [2.75, 3.05) is 25.5 Å². The Morgan fingerprint density at radius 2 is 2.13 bits per heavy atom. The zero-order valence-corrected chi connectivity index (χ0v) is 18.6. The van der Waals surface area contributed by atoms with Crippen molar-refractivity contribution in [2.24, 2.45) is 7.05 Å². The van der Waals surface area contributed by atoms with Crippen molar-refractivity contribution in [3.05, 3.63) is 54.0 Å². The van der Waals surface area contributed by atoms with Gasteiger partial charge in [-0.25, -0.2) is 0 Å². The van der Waals surface area contributed by atoms with Gasteiger partial charge in [-0.15, -0.1) is 0 Å². The van der Waals surface area contributed by atoms with Gasteiger partial charge in [0.1, 0.15) is 11.8 Å². The number of ether oxygens (including phenoxy) is 1. The molecule has 3 aromatic rings. The van der Waals surface area contributed by atoms with Crippen molar-refractivity contribution >= 4 is 34.5 Å². The number of furan rings is 1. The molecule has 0 spiro atoms. The molecule has 0 bridgehead atoms. The second-order valence-corrected chi connectivity index (χ2v) is 8.39. The third-order valence-electron chi connectivity index (χ3n) is 5.45. The summed E-state index contributed by atoms with van der Waals surface area (Å²) in [5.74, 6) is 0.648. The fraction of sp³-hybridized carbons (Fsp3) is 0.391. The van der Waals surface area contributed by atoms with Gasteiger partial charge in [-0.3, -0.25) is 9.59 Å². The van der Waals surface area contributed by atoms with Crippen LogP contribution in [0, 0.1) is 0 Å². The topological polar surface area (TPSA) is 76.7 Å². The Bertz CT molecular complexity index is 1060. The molecule has 1 aliphatic rings. The Labute approximate surface area is 185 Å². The van der Waals surface area contributed by atoms with Crippen molar-refractivity contribution in [3.63, 3.8) is 0 Å². The first-order chi connectivity index (χ1) is 15.1. The van der Waals surface area contributed by atoms with Crippen LogP contribution in [0.4, 0.5) is 0 Å². The van der Waals surface area contributed by atoms with E-state index in [2.05, 4.69) is 9.88 Å². The Kier molecular flexibility index (Phi) is 6.67. The first kappa shape index (κ1) is 21.5. The second kappa shape index (κ2) is 9.62. The molecule has 164 valence electrons. The number of thioether (sulfide) groups is 1. The van der Waals surface area contributed by atoms with E-state index in [9.17, 15) is 9.59 Å². The van der Waals surface area contributed by atoms with Crippen LogP contribution < -0.4 is 5.32 Å². The number of aromatic nitrogens is 1. The van der Waals surface area contributed by atoms with Crippen molar-refractivity contribution in [2.45, 2.75) is 31.0 Å². The molecule has 8 heteroatoms. The van der Waals surface area contributed by atoms with Gasteiger partial charge in [0.15, 0.2) is 0 Å². The predicted octanol–water partition coefficient (Wildman–Crippen LogP) is 3.49. The van der Waals surface area contributed by atoms with Crippen molar-refractivity contribution in [1.82, 2.24) is 14.8 Å². The highest BCUT2D eigenvalue weighted by Crippen LogP contribution is 2.42. The van der Waals surface area contributed by atoms with Crippen LogP contribution in [0.15, 0.2) is 52.1 Å². The molecule has 2 aromatic heterocycles.